The number of methoxy groups -OCH3 is 1. The molecule has 0 aromatic heterocycles. The maximum atomic E-state index is 11.8. The second-order valence-electron chi connectivity index (χ2n) is 8.38. The Hall–Kier alpha value is -0.610. The molecule has 0 aliphatic carbocycles. The minimum atomic E-state index is -0.278. The Kier molecular flexibility index (Phi) is 17.1. The summed E-state index contributed by atoms with van der Waals surface area (Å²) in [6, 6.07) is 0. The van der Waals surface area contributed by atoms with Crippen molar-refractivity contribution in [1.82, 2.24) is 0 Å². The fraction of sp³-hybridized carbons (Fsp3) is 0.957. The Labute approximate surface area is 168 Å². The van der Waals surface area contributed by atoms with Gasteiger partial charge in [-0.05, 0) is 27.2 Å². The molecule has 4 nitrogen and oxygen atoms in total. The van der Waals surface area contributed by atoms with E-state index in [1.165, 1.54) is 57.8 Å². The van der Waals surface area contributed by atoms with E-state index < -0.39 is 0 Å². The molecule has 0 aliphatic heterocycles. The zero-order valence-electron chi connectivity index (χ0n) is 18.8. The van der Waals surface area contributed by atoms with Crippen LogP contribution in [-0.2, 0) is 19.0 Å². The van der Waals surface area contributed by atoms with Crippen molar-refractivity contribution in [3.05, 3.63) is 0 Å². The van der Waals surface area contributed by atoms with Gasteiger partial charge in [-0.15, -0.1) is 0 Å². The monoisotopic (exact) mass is 386 g/mol. The van der Waals surface area contributed by atoms with Crippen LogP contribution >= 0.6 is 0 Å². The van der Waals surface area contributed by atoms with Crippen molar-refractivity contribution in [2.45, 2.75) is 123 Å². The van der Waals surface area contributed by atoms with Gasteiger partial charge in [0, 0.05) is 20.0 Å². The van der Waals surface area contributed by atoms with Gasteiger partial charge in [0.1, 0.15) is 0 Å². The molecule has 0 aromatic carbocycles. The SMILES string of the molecule is CCCCCCCCCCCCCC(=O)OCCC(C)OCC(C)(C)OC. The second kappa shape index (κ2) is 17.5. The summed E-state index contributed by atoms with van der Waals surface area (Å²) in [4.78, 5) is 11.8. The molecule has 0 aliphatic rings. The average molecular weight is 387 g/mol. The van der Waals surface area contributed by atoms with Gasteiger partial charge in [-0.3, -0.25) is 4.79 Å². The van der Waals surface area contributed by atoms with Gasteiger partial charge in [0.2, 0.25) is 0 Å². The molecule has 0 heterocycles. The first-order chi connectivity index (χ1) is 12.9. The molecule has 0 saturated heterocycles. The Morgan fingerprint density at radius 3 is 1.93 bits per heavy atom. The number of carbonyl (C=O) groups is 1. The Morgan fingerprint density at radius 1 is 0.889 bits per heavy atom. The van der Waals surface area contributed by atoms with Crippen molar-refractivity contribution >= 4 is 5.97 Å². The van der Waals surface area contributed by atoms with Gasteiger partial charge in [0.25, 0.3) is 0 Å². The van der Waals surface area contributed by atoms with Crippen LogP contribution in [0.1, 0.15) is 111 Å². The summed E-state index contributed by atoms with van der Waals surface area (Å²) in [7, 11) is 1.68. The van der Waals surface area contributed by atoms with Gasteiger partial charge >= 0.3 is 5.97 Å². The van der Waals surface area contributed by atoms with Gasteiger partial charge in [0.15, 0.2) is 0 Å². The van der Waals surface area contributed by atoms with Crippen LogP contribution in [0.25, 0.3) is 0 Å². The summed E-state index contributed by atoms with van der Waals surface area (Å²) in [5.41, 5.74) is -0.278. The minimum Gasteiger partial charge on any atom is -0.466 e. The molecule has 162 valence electrons. The summed E-state index contributed by atoms with van der Waals surface area (Å²) in [6.07, 6.45) is 15.6. The number of ether oxygens (including phenoxy) is 3. The molecule has 0 amide bonds. The topological polar surface area (TPSA) is 44.8 Å². The number of unbranched alkanes of at least 4 members (excludes halogenated alkanes) is 10. The highest BCUT2D eigenvalue weighted by molar-refractivity contribution is 5.69. The van der Waals surface area contributed by atoms with Crippen LogP contribution < -0.4 is 0 Å². The average Bonchev–Trinajstić information content (AvgIpc) is 2.64. The molecule has 0 rings (SSSR count). The zero-order valence-corrected chi connectivity index (χ0v) is 18.8. The maximum Gasteiger partial charge on any atom is 0.305 e. The Morgan fingerprint density at radius 2 is 1.41 bits per heavy atom. The number of rotatable bonds is 19. The molecular formula is C23H46O4. The fourth-order valence-electron chi connectivity index (χ4n) is 2.83. The van der Waals surface area contributed by atoms with Crippen LogP contribution in [0, 0.1) is 0 Å². The maximum absolute atomic E-state index is 11.8. The Bertz CT molecular complexity index is 341. The summed E-state index contributed by atoms with van der Waals surface area (Å²) in [6.45, 7) is 9.22. The van der Waals surface area contributed by atoms with Crippen molar-refractivity contribution in [3.63, 3.8) is 0 Å². The molecule has 0 N–H and O–H groups in total. The molecule has 0 bridgehead atoms. The zero-order chi connectivity index (χ0) is 20.4. The third kappa shape index (κ3) is 18.5. The molecule has 0 aromatic rings. The Balaban J connectivity index is 3.39. The van der Waals surface area contributed by atoms with E-state index in [4.69, 9.17) is 14.2 Å². The number of hydrogen-bond donors (Lipinski definition) is 0. The molecule has 0 radical (unpaired) electrons. The molecule has 1 unspecified atom stereocenters. The van der Waals surface area contributed by atoms with Gasteiger partial charge in [-0.1, -0.05) is 71.1 Å². The summed E-state index contributed by atoms with van der Waals surface area (Å²) in [5, 5.41) is 0. The molecular weight excluding hydrogens is 340 g/mol. The van der Waals surface area contributed by atoms with Crippen LogP contribution in [0.3, 0.4) is 0 Å². The lowest BCUT2D eigenvalue weighted by Gasteiger charge is -2.25. The first-order valence-electron chi connectivity index (χ1n) is 11.2. The van der Waals surface area contributed by atoms with Crippen LogP contribution in [0.5, 0.6) is 0 Å². The van der Waals surface area contributed by atoms with Crippen LogP contribution in [-0.4, -0.2) is 38.0 Å². The van der Waals surface area contributed by atoms with E-state index >= 15 is 0 Å². The molecule has 0 saturated carbocycles. The number of hydrogen-bond acceptors (Lipinski definition) is 4. The van der Waals surface area contributed by atoms with Crippen molar-refractivity contribution < 1.29 is 19.0 Å². The summed E-state index contributed by atoms with van der Waals surface area (Å²) >= 11 is 0. The molecule has 0 spiro atoms. The van der Waals surface area contributed by atoms with E-state index in [0.29, 0.717) is 19.6 Å². The van der Waals surface area contributed by atoms with Crippen molar-refractivity contribution in [3.8, 4) is 0 Å². The van der Waals surface area contributed by atoms with Gasteiger partial charge < -0.3 is 14.2 Å². The fourth-order valence-corrected chi connectivity index (χ4v) is 2.83. The smallest absolute Gasteiger partial charge is 0.305 e. The third-order valence-corrected chi connectivity index (χ3v) is 5.04. The van der Waals surface area contributed by atoms with Gasteiger partial charge in [0.05, 0.1) is 24.9 Å². The standard InChI is InChI=1S/C23H46O4/c1-6-7-8-9-10-11-12-13-14-15-16-17-22(24)26-19-18-21(2)27-20-23(3,4)25-5/h21H,6-20H2,1-5H3. The molecule has 0 fully saturated rings. The lowest BCUT2D eigenvalue weighted by atomic mass is 10.1. The summed E-state index contributed by atoms with van der Waals surface area (Å²) < 4.78 is 16.4. The van der Waals surface area contributed by atoms with Crippen molar-refractivity contribution in [2.75, 3.05) is 20.3 Å². The van der Waals surface area contributed by atoms with E-state index in [1.54, 1.807) is 7.11 Å². The molecule has 4 heteroatoms. The highest BCUT2D eigenvalue weighted by Crippen LogP contribution is 2.13. The largest absolute Gasteiger partial charge is 0.466 e. The first-order valence-corrected chi connectivity index (χ1v) is 11.2. The molecule has 1 atom stereocenters. The predicted octanol–water partition coefficient (Wildman–Crippen LogP) is 6.45. The van der Waals surface area contributed by atoms with E-state index in [0.717, 1.165) is 19.3 Å². The first kappa shape index (κ1) is 26.4. The summed E-state index contributed by atoms with van der Waals surface area (Å²) in [5.74, 6) is -0.0738. The van der Waals surface area contributed by atoms with Crippen LogP contribution in [0.4, 0.5) is 0 Å². The highest BCUT2D eigenvalue weighted by Gasteiger charge is 2.18. The lowest BCUT2D eigenvalue weighted by Crippen LogP contribution is -2.31. The minimum absolute atomic E-state index is 0.0641. The highest BCUT2D eigenvalue weighted by atomic mass is 16.5. The quantitative estimate of drug-likeness (QED) is 0.189. The third-order valence-electron chi connectivity index (χ3n) is 5.04. The van der Waals surface area contributed by atoms with E-state index in [-0.39, 0.29) is 17.7 Å². The van der Waals surface area contributed by atoms with Gasteiger partial charge in [-0.2, -0.15) is 0 Å². The number of esters is 1. The lowest BCUT2D eigenvalue weighted by molar-refractivity contribution is -0.145. The molecule has 27 heavy (non-hydrogen) atoms. The van der Waals surface area contributed by atoms with Crippen molar-refractivity contribution in [1.29, 1.82) is 0 Å². The van der Waals surface area contributed by atoms with E-state index in [1.807, 2.05) is 20.8 Å². The van der Waals surface area contributed by atoms with E-state index in [2.05, 4.69) is 6.92 Å². The van der Waals surface area contributed by atoms with Crippen LogP contribution in [0.2, 0.25) is 0 Å². The van der Waals surface area contributed by atoms with Crippen molar-refractivity contribution in [2.24, 2.45) is 0 Å². The van der Waals surface area contributed by atoms with E-state index in [9.17, 15) is 4.79 Å². The van der Waals surface area contributed by atoms with Crippen LogP contribution in [0.15, 0.2) is 0 Å². The normalized spacial score (nSPS) is 12.9. The number of carbonyl (C=O) groups excluding carboxylic acids is 1. The second-order valence-corrected chi connectivity index (χ2v) is 8.38. The van der Waals surface area contributed by atoms with Gasteiger partial charge in [-0.25, -0.2) is 0 Å². The predicted molar refractivity (Wildman–Crippen MR) is 113 cm³/mol.